The number of rotatable bonds is 4. The monoisotopic (exact) mass is 288 g/mol. The number of benzene rings is 1. The summed E-state index contributed by atoms with van der Waals surface area (Å²) in [4.78, 5) is 0. The molecule has 1 rings (SSSR count). The minimum absolute atomic E-state index is 0.140. The molecule has 0 aliphatic rings. The predicted molar refractivity (Wildman–Crippen MR) is 70.3 cm³/mol. The Bertz CT molecular complexity index is 604. The molecule has 0 heterocycles. The molecule has 0 saturated carbocycles. The van der Waals surface area contributed by atoms with Gasteiger partial charge in [0.05, 0.1) is 12.2 Å². The third kappa shape index (κ3) is 4.19. The average Bonchev–Trinajstić information content (AvgIpc) is 2.37. The summed E-state index contributed by atoms with van der Waals surface area (Å²) >= 11 is 0. The Balaban J connectivity index is 3.10. The molecule has 7 heteroatoms. The molecule has 1 aromatic rings. The Morgan fingerprint density at radius 3 is 2.63 bits per heavy atom. The van der Waals surface area contributed by atoms with Crippen molar-refractivity contribution in [2.45, 2.75) is 19.1 Å². The number of nitrogens with two attached hydrogens (primary N) is 1. The van der Waals surface area contributed by atoms with E-state index >= 15 is 0 Å². The van der Waals surface area contributed by atoms with Crippen molar-refractivity contribution in [3.8, 4) is 11.8 Å². The highest BCUT2D eigenvalue weighted by Gasteiger charge is 2.24. The van der Waals surface area contributed by atoms with E-state index in [0.717, 1.165) is 0 Å². The number of halogens is 2. The zero-order valence-electron chi connectivity index (χ0n) is 10.3. The maximum atomic E-state index is 12.3. The van der Waals surface area contributed by atoms with Gasteiger partial charge in [0.25, 0.3) is 10.0 Å². The quantitative estimate of drug-likeness (QED) is 0.825. The number of hydrogen-bond acceptors (Lipinski definition) is 3. The van der Waals surface area contributed by atoms with Crippen LogP contribution >= 0.6 is 0 Å². The van der Waals surface area contributed by atoms with E-state index in [2.05, 4.69) is 11.8 Å². The van der Waals surface area contributed by atoms with Crippen molar-refractivity contribution in [1.29, 1.82) is 0 Å². The van der Waals surface area contributed by atoms with Crippen LogP contribution in [0.3, 0.4) is 0 Å². The predicted octanol–water partition coefficient (Wildman–Crippen LogP) is 1.52. The normalized spacial score (nSPS) is 11.0. The second-order valence-corrected chi connectivity index (χ2v) is 5.29. The third-order valence-corrected chi connectivity index (χ3v) is 3.28. The zero-order chi connectivity index (χ0) is 14.5. The van der Waals surface area contributed by atoms with Gasteiger partial charge in [-0.3, -0.25) is 4.72 Å². The third-order valence-electron chi connectivity index (χ3n) is 2.31. The van der Waals surface area contributed by atoms with Gasteiger partial charge in [-0.15, -0.1) is 0 Å². The summed E-state index contributed by atoms with van der Waals surface area (Å²) in [5.74, 6) is 1.99. The first-order valence-corrected chi connectivity index (χ1v) is 7.07. The van der Waals surface area contributed by atoms with E-state index in [0.29, 0.717) is 17.5 Å². The Morgan fingerprint density at radius 1 is 1.42 bits per heavy atom. The maximum absolute atomic E-state index is 12.3. The standard InChI is InChI=1S/C12H14F2N2O2S/c1-2-10-8-9(4-3-7-15)5-6-11(10)16-19(17,18)12(13)14/h5-6,8,12,16H,2,7,15H2,1H3. The Kier molecular flexibility index (Phi) is 5.27. The van der Waals surface area contributed by atoms with E-state index in [1.807, 2.05) is 4.72 Å². The molecule has 1 aromatic carbocycles. The topological polar surface area (TPSA) is 72.2 Å². The molecule has 0 aliphatic heterocycles. The minimum Gasteiger partial charge on any atom is -0.320 e. The van der Waals surface area contributed by atoms with Crippen LogP contribution in [0.5, 0.6) is 0 Å². The smallest absolute Gasteiger partial charge is 0.320 e. The van der Waals surface area contributed by atoms with E-state index < -0.39 is 15.8 Å². The Labute approximate surface area is 111 Å². The summed E-state index contributed by atoms with van der Waals surface area (Å²) in [7, 11) is -4.65. The highest BCUT2D eigenvalue weighted by molar-refractivity contribution is 7.93. The van der Waals surface area contributed by atoms with Crippen LogP contribution in [0.1, 0.15) is 18.1 Å². The van der Waals surface area contributed by atoms with Gasteiger partial charge >= 0.3 is 5.76 Å². The molecule has 0 amide bonds. The molecule has 0 radical (unpaired) electrons. The molecule has 0 aromatic heterocycles. The van der Waals surface area contributed by atoms with E-state index in [1.54, 1.807) is 19.1 Å². The van der Waals surface area contributed by atoms with Crippen LogP contribution in [0.4, 0.5) is 14.5 Å². The highest BCUT2D eigenvalue weighted by atomic mass is 32.2. The highest BCUT2D eigenvalue weighted by Crippen LogP contribution is 2.21. The molecular formula is C12H14F2N2O2S. The Hall–Kier alpha value is -1.65. The maximum Gasteiger partial charge on any atom is 0.355 e. The van der Waals surface area contributed by atoms with Gasteiger partial charge in [-0.05, 0) is 30.2 Å². The number of nitrogens with one attached hydrogen (secondary N) is 1. The molecule has 3 N–H and O–H groups in total. The van der Waals surface area contributed by atoms with Crippen molar-refractivity contribution in [3.05, 3.63) is 29.3 Å². The lowest BCUT2D eigenvalue weighted by molar-refractivity contribution is 0.236. The van der Waals surface area contributed by atoms with Crippen molar-refractivity contribution < 1.29 is 17.2 Å². The van der Waals surface area contributed by atoms with Crippen LogP contribution in [0.25, 0.3) is 0 Å². The van der Waals surface area contributed by atoms with Crippen molar-refractivity contribution in [1.82, 2.24) is 0 Å². The van der Waals surface area contributed by atoms with Crippen molar-refractivity contribution in [2.24, 2.45) is 5.73 Å². The fourth-order valence-corrected chi connectivity index (χ4v) is 2.01. The lowest BCUT2D eigenvalue weighted by atomic mass is 10.1. The summed E-state index contributed by atoms with van der Waals surface area (Å²) < 4.78 is 48.7. The second kappa shape index (κ2) is 6.50. The first-order chi connectivity index (χ1) is 8.90. The lowest BCUT2D eigenvalue weighted by Gasteiger charge is -2.11. The molecule has 4 nitrogen and oxygen atoms in total. The van der Waals surface area contributed by atoms with Crippen molar-refractivity contribution >= 4 is 15.7 Å². The molecule has 0 aliphatic carbocycles. The largest absolute Gasteiger partial charge is 0.355 e. The van der Waals surface area contributed by atoms with Crippen molar-refractivity contribution in [3.63, 3.8) is 0 Å². The number of aryl methyl sites for hydroxylation is 1. The first kappa shape index (κ1) is 15.4. The summed E-state index contributed by atoms with van der Waals surface area (Å²) in [5.41, 5.74) is 6.63. The molecular weight excluding hydrogens is 274 g/mol. The van der Waals surface area contributed by atoms with E-state index in [9.17, 15) is 17.2 Å². The number of anilines is 1. The zero-order valence-corrected chi connectivity index (χ0v) is 11.1. The molecule has 0 atom stereocenters. The van der Waals surface area contributed by atoms with Crippen LogP contribution in [-0.2, 0) is 16.4 Å². The number of sulfonamides is 1. The summed E-state index contributed by atoms with van der Waals surface area (Å²) in [6.07, 6.45) is 0.485. The van der Waals surface area contributed by atoms with Crippen LogP contribution < -0.4 is 10.5 Å². The van der Waals surface area contributed by atoms with E-state index in [4.69, 9.17) is 5.73 Å². The Morgan fingerprint density at radius 2 is 2.11 bits per heavy atom. The van der Waals surface area contributed by atoms with Gasteiger partial charge in [0.15, 0.2) is 0 Å². The molecule has 0 saturated heterocycles. The number of alkyl halides is 2. The van der Waals surface area contributed by atoms with Gasteiger partial charge in [-0.1, -0.05) is 18.8 Å². The van der Waals surface area contributed by atoms with Gasteiger partial charge in [-0.25, -0.2) is 8.42 Å². The molecule has 19 heavy (non-hydrogen) atoms. The van der Waals surface area contributed by atoms with Gasteiger partial charge in [0, 0.05) is 5.56 Å². The van der Waals surface area contributed by atoms with Gasteiger partial charge in [-0.2, -0.15) is 8.78 Å². The number of hydrogen-bond donors (Lipinski definition) is 2. The summed E-state index contributed by atoms with van der Waals surface area (Å²) in [6.45, 7) is 2.00. The van der Waals surface area contributed by atoms with Crippen molar-refractivity contribution in [2.75, 3.05) is 11.3 Å². The van der Waals surface area contributed by atoms with E-state index in [-0.39, 0.29) is 12.2 Å². The van der Waals surface area contributed by atoms with Crippen LogP contribution in [0.15, 0.2) is 18.2 Å². The van der Waals surface area contributed by atoms with Crippen LogP contribution in [0, 0.1) is 11.8 Å². The molecule has 0 bridgehead atoms. The first-order valence-electron chi connectivity index (χ1n) is 5.52. The SMILES string of the molecule is CCc1cc(C#CCN)ccc1NS(=O)(=O)C(F)F. The molecule has 0 spiro atoms. The fraction of sp³-hybridized carbons (Fsp3) is 0.333. The molecule has 0 unspecified atom stereocenters. The average molecular weight is 288 g/mol. The second-order valence-electron chi connectivity index (χ2n) is 3.64. The summed E-state index contributed by atoms with van der Waals surface area (Å²) in [5, 5.41) is 0. The fourth-order valence-electron chi connectivity index (χ4n) is 1.41. The lowest BCUT2D eigenvalue weighted by Crippen LogP contribution is -2.21. The van der Waals surface area contributed by atoms with Gasteiger partial charge in [0.1, 0.15) is 0 Å². The van der Waals surface area contributed by atoms with Crippen LogP contribution in [0.2, 0.25) is 0 Å². The van der Waals surface area contributed by atoms with E-state index in [1.165, 1.54) is 6.07 Å². The van der Waals surface area contributed by atoms with Gasteiger partial charge in [0.2, 0.25) is 0 Å². The van der Waals surface area contributed by atoms with Gasteiger partial charge < -0.3 is 5.73 Å². The molecule has 104 valence electrons. The molecule has 0 fully saturated rings. The summed E-state index contributed by atoms with van der Waals surface area (Å²) in [6, 6.07) is 4.61. The van der Waals surface area contributed by atoms with Crippen LogP contribution in [-0.4, -0.2) is 20.7 Å². The minimum atomic E-state index is -4.65.